The SMILES string of the molecule is Cn1nnc2cc(-c3ccc(C(=O)N4CC[C@@H](CC(C)(C)NC(=O)O)C4)cc3-c3ccc(C#N)c(F)c3)c(F)c(F)c21. The van der Waals surface area contributed by atoms with E-state index >= 15 is 8.78 Å². The van der Waals surface area contributed by atoms with Crippen molar-refractivity contribution in [3.63, 3.8) is 0 Å². The van der Waals surface area contributed by atoms with Crippen molar-refractivity contribution in [3.05, 3.63) is 71.0 Å². The van der Waals surface area contributed by atoms with Gasteiger partial charge in [-0.05, 0) is 79.6 Å². The minimum atomic E-state index is -1.15. The van der Waals surface area contributed by atoms with Gasteiger partial charge in [0.25, 0.3) is 5.91 Å². The van der Waals surface area contributed by atoms with Crippen molar-refractivity contribution in [3.8, 4) is 28.3 Å². The summed E-state index contributed by atoms with van der Waals surface area (Å²) in [5.74, 6) is -3.33. The third kappa shape index (κ3) is 5.37. The van der Waals surface area contributed by atoms with Crippen LogP contribution in [0.25, 0.3) is 33.3 Å². The number of nitrogens with one attached hydrogen (secondary N) is 1. The molecule has 3 aromatic carbocycles. The van der Waals surface area contributed by atoms with Gasteiger partial charge in [0.15, 0.2) is 11.6 Å². The minimum Gasteiger partial charge on any atom is -0.465 e. The normalized spacial score (nSPS) is 15.2. The molecule has 216 valence electrons. The lowest BCUT2D eigenvalue weighted by Crippen LogP contribution is -2.44. The summed E-state index contributed by atoms with van der Waals surface area (Å²) in [7, 11) is 1.44. The van der Waals surface area contributed by atoms with Crippen molar-refractivity contribution in [2.45, 2.75) is 32.2 Å². The summed E-state index contributed by atoms with van der Waals surface area (Å²) in [4.78, 5) is 26.4. The van der Waals surface area contributed by atoms with Gasteiger partial charge in [-0.2, -0.15) is 5.26 Å². The molecule has 0 saturated carbocycles. The van der Waals surface area contributed by atoms with Gasteiger partial charge in [0.2, 0.25) is 0 Å². The van der Waals surface area contributed by atoms with E-state index in [1.54, 1.807) is 24.8 Å². The number of carboxylic acid groups (broad SMARTS) is 1. The lowest BCUT2D eigenvalue weighted by Gasteiger charge is -2.28. The fraction of sp³-hybridized carbons (Fsp3) is 0.300. The number of nitriles is 1. The molecule has 0 unspecified atom stereocenters. The molecule has 0 spiro atoms. The number of nitrogens with zero attached hydrogens (tertiary/aromatic N) is 5. The highest BCUT2D eigenvalue weighted by Gasteiger charge is 2.33. The first-order chi connectivity index (χ1) is 19.9. The molecule has 0 bridgehead atoms. The smallest absolute Gasteiger partial charge is 0.405 e. The number of carbonyl (C=O) groups excluding carboxylic acids is 1. The molecule has 4 aromatic rings. The molecule has 2 amide bonds. The molecule has 9 nitrogen and oxygen atoms in total. The van der Waals surface area contributed by atoms with Gasteiger partial charge < -0.3 is 15.3 Å². The van der Waals surface area contributed by atoms with Crippen molar-refractivity contribution in [2.24, 2.45) is 13.0 Å². The summed E-state index contributed by atoms with van der Waals surface area (Å²) >= 11 is 0. The Hall–Kier alpha value is -4.92. The first kappa shape index (κ1) is 28.6. The molecule has 1 saturated heterocycles. The Bertz CT molecular complexity index is 1780. The maximum Gasteiger partial charge on any atom is 0.405 e. The number of likely N-dealkylation sites (tertiary alicyclic amines) is 1. The third-order valence-electron chi connectivity index (χ3n) is 7.55. The van der Waals surface area contributed by atoms with E-state index in [2.05, 4.69) is 15.6 Å². The number of halogens is 3. The maximum absolute atomic E-state index is 15.5. The highest BCUT2D eigenvalue weighted by molar-refractivity contribution is 5.98. The van der Waals surface area contributed by atoms with Crippen molar-refractivity contribution < 1.29 is 27.9 Å². The Morgan fingerprint density at radius 2 is 1.86 bits per heavy atom. The molecule has 1 aliphatic rings. The molecule has 12 heteroatoms. The van der Waals surface area contributed by atoms with E-state index in [4.69, 9.17) is 5.11 Å². The first-order valence-electron chi connectivity index (χ1n) is 13.2. The zero-order chi connectivity index (χ0) is 30.3. The Morgan fingerprint density at radius 1 is 1.10 bits per heavy atom. The van der Waals surface area contributed by atoms with Gasteiger partial charge in [0.1, 0.15) is 22.9 Å². The van der Waals surface area contributed by atoms with Gasteiger partial charge in [-0.1, -0.05) is 17.3 Å². The molecular weight excluding hydrogens is 549 g/mol. The van der Waals surface area contributed by atoms with Gasteiger partial charge in [0.05, 0.1) is 5.56 Å². The summed E-state index contributed by atoms with van der Waals surface area (Å²) in [5, 5.41) is 28.4. The molecule has 1 aromatic heterocycles. The minimum absolute atomic E-state index is 0.0675. The second-order valence-electron chi connectivity index (χ2n) is 11.1. The number of fused-ring (bicyclic) bond motifs is 1. The molecule has 42 heavy (non-hydrogen) atoms. The maximum atomic E-state index is 15.5. The van der Waals surface area contributed by atoms with E-state index in [0.29, 0.717) is 25.9 Å². The summed E-state index contributed by atoms with van der Waals surface area (Å²) in [6.07, 6.45) is 0.103. The number of benzene rings is 3. The van der Waals surface area contributed by atoms with Crippen molar-refractivity contribution in [1.82, 2.24) is 25.2 Å². The number of rotatable bonds is 6. The molecule has 0 aliphatic carbocycles. The van der Waals surface area contributed by atoms with Gasteiger partial charge in [0, 0.05) is 36.8 Å². The van der Waals surface area contributed by atoms with E-state index in [0.717, 1.165) is 10.7 Å². The lowest BCUT2D eigenvalue weighted by molar-refractivity contribution is 0.0783. The fourth-order valence-corrected chi connectivity index (χ4v) is 5.70. The monoisotopic (exact) mass is 576 g/mol. The van der Waals surface area contributed by atoms with Crippen LogP contribution in [0, 0.1) is 34.7 Å². The fourth-order valence-electron chi connectivity index (χ4n) is 5.70. The van der Waals surface area contributed by atoms with E-state index < -0.39 is 29.1 Å². The van der Waals surface area contributed by atoms with Crippen molar-refractivity contribution in [2.75, 3.05) is 13.1 Å². The van der Waals surface area contributed by atoms with E-state index in [1.807, 2.05) is 0 Å². The zero-order valence-corrected chi connectivity index (χ0v) is 23.1. The quantitative estimate of drug-likeness (QED) is 0.313. The average Bonchev–Trinajstić information content (AvgIpc) is 3.55. The molecule has 1 atom stereocenters. The van der Waals surface area contributed by atoms with Crippen LogP contribution in [-0.4, -0.2) is 55.6 Å². The second kappa shape index (κ2) is 10.8. The summed E-state index contributed by atoms with van der Waals surface area (Å²) < 4.78 is 46.4. The zero-order valence-electron chi connectivity index (χ0n) is 23.1. The van der Waals surface area contributed by atoms with Gasteiger partial charge >= 0.3 is 6.09 Å². The molecule has 2 N–H and O–H groups in total. The van der Waals surface area contributed by atoms with Gasteiger partial charge in [-0.25, -0.2) is 22.6 Å². The number of amides is 2. The van der Waals surface area contributed by atoms with E-state index in [1.165, 1.54) is 43.4 Å². The first-order valence-corrected chi connectivity index (χ1v) is 13.2. The molecule has 1 fully saturated rings. The van der Waals surface area contributed by atoms with Crippen LogP contribution in [-0.2, 0) is 7.05 Å². The molecule has 0 radical (unpaired) electrons. The standard InChI is InChI=1S/C30H27F3N6O3/c1-30(2,35-29(41)42)13-16-8-9-39(15-16)28(40)18-6-7-20(21(10-18)17-4-5-19(14-34)23(31)11-17)22-12-24-27(26(33)25(22)32)38(3)37-36-24/h4-7,10-12,16,35H,8-9,13,15H2,1-3H3,(H,41,42)/t16-/m0/s1. The van der Waals surface area contributed by atoms with E-state index in [-0.39, 0.29) is 56.2 Å². The Balaban J connectivity index is 1.54. The topological polar surface area (TPSA) is 124 Å². The number of carbonyl (C=O) groups is 2. The summed E-state index contributed by atoms with van der Waals surface area (Å²) in [5.41, 5.74) is -0.0319. The predicted octanol–water partition coefficient (Wildman–Crippen LogP) is 5.49. The molecule has 2 heterocycles. The molecule has 1 aliphatic heterocycles. The third-order valence-corrected chi connectivity index (χ3v) is 7.55. The van der Waals surface area contributed by atoms with Crippen LogP contribution in [0.3, 0.4) is 0 Å². The van der Waals surface area contributed by atoms with Crippen LogP contribution in [0.2, 0.25) is 0 Å². The van der Waals surface area contributed by atoms with Crippen molar-refractivity contribution >= 4 is 23.0 Å². The highest BCUT2D eigenvalue weighted by Crippen LogP contribution is 2.38. The van der Waals surface area contributed by atoms with Crippen LogP contribution in [0.4, 0.5) is 18.0 Å². The van der Waals surface area contributed by atoms with Crippen LogP contribution >= 0.6 is 0 Å². The Kier molecular flexibility index (Phi) is 7.36. The van der Waals surface area contributed by atoms with Gasteiger partial charge in [-0.15, -0.1) is 5.10 Å². The largest absolute Gasteiger partial charge is 0.465 e. The lowest BCUT2D eigenvalue weighted by atomic mass is 9.90. The molecular formula is C30H27F3N6O3. The average molecular weight is 577 g/mol. The number of aromatic nitrogens is 3. The van der Waals surface area contributed by atoms with E-state index in [9.17, 15) is 19.2 Å². The Labute approximate surface area is 239 Å². The molecule has 5 rings (SSSR count). The number of aryl methyl sites for hydroxylation is 1. The van der Waals surface area contributed by atoms with Gasteiger partial charge in [-0.3, -0.25) is 4.79 Å². The van der Waals surface area contributed by atoms with Crippen LogP contribution in [0.5, 0.6) is 0 Å². The number of hydrogen-bond donors (Lipinski definition) is 2. The van der Waals surface area contributed by atoms with Crippen LogP contribution in [0.15, 0.2) is 42.5 Å². The number of hydrogen-bond acceptors (Lipinski definition) is 5. The second-order valence-corrected chi connectivity index (χ2v) is 11.1. The van der Waals surface area contributed by atoms with Crippen molar-refractivity contribution in [1.29, 1.82) is 5.26 Å². The van der Waals surface area contributed by atoms with Crippen LogP contribution < -0.4 is 5.32 Å². The predicted molar refractivity (Wildman–Crippen MR) is 148 cm³/mol. The summed E-state index contributed by atoms with van der Waals surface area (Å²) in [6.45, 7) is 4.44. The Morgan fingerprint density at radius 3 is 2.55 bits per heavy atom. The highest BCUT2D eigenvalue weighted by atomic mass is 19.2. The summed E-state index contributed by atoms with van der Waals surface area (Å²) in [6, 6.07) is 11.5. The van der Waals surface area contributed by atoms with Crippen LogP contribution in [0.1, 0.15) is 42.6 Å².